The zero-order valence-electron chi connectivity index (χ0n) is 12.8. The summed E-state index contributed by atoms with van der Waals surface area (Å²) in [7, 11) is 1.74. The minimum absolute atomic E-state index is 0.917. The van der Waals surface area contributed by atoms with E-state index in [4.69, 9.17) is 4.74 Å². The van der Waals surface area contributed by atoms with Crippen LogP contribution in [0.2, 0.25) is 0 Å². The Hall–Kier alpha value is -1.45. The van der Waals surface area contributed by atoms with Crippen LogP contribution >= 0.6 is 11.8 Å². The molecule has 3 heteroatoms. The lowest BCUT2D eigenvalue weighted by atomic mass is 10.1. The Morgan fingerprint density at radius 2 is 1.90 bits per heavy atom. The average molecular weight is 301 g/mol. The van der Waals surface area contributed by atoms with Crippen molar-refractivity contribution in [2.45, 2.75) is 30.5 Å². The maximum Gasteiger partial charge on any atom is 0.122 e. The first-order chi connectivity index (χ1) is 10.3. The fourth-order valence-electron chi connectivity index (χ4n) is 2.14. The zero-order chi connectivity index (χ0) is 14.9. The predicted octanol–water partition coefficient (Wildman–Crippen LogP) is 4.49. The normalized spacial score (nSPS) is 10.6. The molecule has 0 aliphatic carbocycles. The van der Waals surface area contributed by atoms with E-state index in [2.05, 4.69) is 54.7 Å². The Balaban J connectivity index is 2.03. The second kappa shape index (κ2) is 8.75. The number of thioether (sulfide) groups is 1. The molecule has 2 aromatic rings. The summed E-state index contributed by atoms with van der Waals surface area (Å²) >= 11 is 1.84. The number of benzene rings is 2. The van der Waals surface area contributed by atoms with Crippen molar-refractivity contribution in [3.63, 3.8) is 0 Å². The first-order valence-corrected chi connectivity index (χ1v) is 8.36. The summed E-state index contributed by atoms with van der Waals surface area (Å²) in [5.41, 5.74) is 2.56. The van der Waals surface area contributed by atoms with Crippen molar-refractivity contribution in [2.75, 3.05) is 13.7 Å². The summed E-state index contributed by atoms with van der Waals surface area (Å²) in [6, 6.07) is 16.9. The van der Waals surface area contributed by atoms with E-state index in [1.54, 1.807) is 7.11 Å². The van der Waals surface area contributed by atoms with E-state index in [1.165, 1.54) is 16.0 Å². The van der Waals surface area contributed by atoms with Crippen LogP contribution in [0.4, 0.5) is 0 Å². The molecule has 0 saturated heterocycles. The molecule has 2 aromatic carbocycles. The molecule has 0 radical (unpaired) electrons. The van der Waals surface area contributed by atoms with Gasteiger partial charge in [0.15, 0.2) is 0 Å². The Kier molecular flexibility index (Phi) is 6.64. The number of hydrogen-bond acceptors (Lipinski definition) is 3. The standard InChI is InChI=1S/C18H23NOS/c1-3-11-19-13-15-9-10-18(20-2)16(12-15)14-21-17-7-5-4-6-8-17/h4-10,12,19H,3,11,13-14H2,1-2H3. The van der Waals surface area contributed by atoms with Crippen LogP contribution in [-0.2, 0) is 12.3 Å². The molecule has 0 aliphatic heterocycles. The summed E-state index contributed by atoms with van der Waals surface area (Å²) in [6.07, 6.45) is 1.16. The predicted molar refractivity (Wildman–Crippen MR) is 91.0 cm³/mol. The number of rotatable bonds is 8. The SMILES string of the molecule is CCCNCc1ccc(OC)c(CSc2ccccc2)c1. The van der Waals surface area contributed by atoms with Gasteiger partial charge in [0.05, 0.1) is 7.11 Å². The lowest BCUT2D eigenvalue weighted by Crippen LogP contribution is -2.13. The molecule has 1 N–H and O–H groups in total. The molecule has 0 atom stereocenters. The number of nitrogens with one attached hydrogen (secondary N) is 1. The highest BCUT2D eigenvalue weighted by atomic mass is 32.2. The number of ether oxygens (including phenoxy) is 1. The molecule has 0 bridgehead atoms. The Morgan fingerprint density at radius 3 is 2.62 bits per heavy atom. The monoisotopic (exact) mass is 301 g/mol. The molecule has 0 fully saturated rings. The van der Waals surface area contributed by atoms with Crippen molar-refractivity contribution in [3.05, 3.63) is 59.7 Å². The summed E-state index contributed by atoms with van der Waals surface area (Å²) in [6.45, 7) is 4.16. The largest absolute Gasteiger partial charge is 0.496 e. The minimum Gasteiger partial charge on any atom is -0.496 e. The van der Waals surface area contributed by atoms with Gasteiger partial charge in [-0.2, -0.15) is 0 Å². The van der Waals surface area contributed by atoms with Crippen LogP contribution in [0.15, 0.2) is 53.4 Å². The van der Waals surface area contributed by atoms with Crippen molar-refractivity contribution in [2.24, 2.45) is 0 Å². The molecule has 0 spiro atoms. The van der Waals surface area contributed by atoms with Crippen molar-refractivity contribution in [3.8, 4) is 5.75 Å². The molecule has 0 amide bonds. The van der Waals surface area contributed by atoms with Crippen molar-refractivity contribution < 1.29 is 4.74 Å². The van der Waals surface area contributed by atoms with Gasteiger partial charge in [-0.15, -0.1) is 11.8 Å². The van der Waals surface area contributed by atoms with Crippen LogP contribution < -0.4 is 10.1 Å². The van der Waals surface area contributed by atoms with E-state index in [0.717, 1.165) is 31.0 Å². The maximum absolute atomic E-state index is 5.48. The smallest absolute Gasteiger partial charge is 0.122 e. The van der Waals surface area contributed by atoms with Crippen molar-refractivity contribution in [1.29, 1.82) is 0 Å². The van der Waals surface area contributed by atoms with Crippen molar-refractivity contribution >= 4 is 11.8 Å². The first-order valence-electron chi connectivity index (χ1n) is 7.38. The van der Waals surface area contributed by atoms with Crippen LogP contribution in [0.3, 0.4) is 0 Å². The van der Waals surface area contributed by atoms with Crippen LogP contribution in [-0.4, -0.2) is 13.7 Å². The third-order valence-electron chi connectivity index (χ3n) is 3.24. The summed E-state index contributed by atoms with van der Waals surface area (Å²) in [4.78, 5) is 1.29. The second-order valence-corrected chi connectivity index (χ2v) is 5.97. The summed E-state index contributed by atoms with van der Waals surface area (Å²) in [5.74, 6) is 1.90. The van der Waals surface area contributed by atoms with Gasteiger partial charge in [-0.05, 0) is 42.8 Å². The molecular weight excluding hydrogens is 278 g/mol. The van der Waals surface area contributed by atoms with Gasteiger partial charge >= 0.3 is 0 Å². The fourth-order valence-corrected chi connectivity index (χ4v) is 3.04. The Labute approximate surface area is 131 Å². The topological polar surface area (TPSA) is 21.3 Å². The van der Waals surface area contributed by atoms with Crippen LogP contribution in [0, 0.1) is 0 Å². The van der Waals surface area contributed by atoms with Gasteiger partial charge in [0.2, 0.25) is 0 Å². The molecule has 0 aliphatic rings. The average Bonchev–Trinajstić information content (AvgIpc) is 2.54. The highest BCUT2D eigenvalue weighted by Crippen LogP contribution is 2.28. The molecule has 2 nitrogen and oxygen atoms in total. The highest BCUT2D eigenvalue weighted by molar-refractivity contribution is 7.98. The molecule has 112 valence electrons. The molecule has 2 rings (SSSR count). The van der Waals surface area contributed by atoms with Gasteiger partial charge in [0.25, 0.3) is 0 Å². The summed E-state index contributed by atoms with van der Waals surface area (Å²) in [5, 5.41) is 3.44. The maximum atomic E-state index is 5.48. The van der Waals surface area contributed by atoms with E-state index >= 15 is 0 Å². The number of methoxy groups -OCH3 is 1. The zero-order valence-corrected chi connectivity index (χ0v) is 13.6. The first kappa shape index (κ1) is 15.9. The lowest BCUT2D eigenvalue weighted by molar-refractivity contribution is 0.411. The van der Waals surface area contributed by atoms with E-state index in [-0.39, 0.29) is 0 Å². The second-order valence-electron chi connectivity index (χ2n) is 4.92. The Bertz CT molecular complexity index is 542. The summed E-state index contributed by atoms with van der Waals surface area (Å²) < 4.78 is 5.48. The Morgan fingerprint density at radius 1 is 1.10 bits per heavy atom. The van der Waals surface area contributed by atoms with Gasteiger partial charge in [-0.3, -0.25) is 0 Å². The highest BCUT2D eigenvalue weighted by Gasteiger charge is 2.05. The van der Waals surface area contributed by atoms with Gasteiger partial charge < -0.3 is 10.1 Å². The van der Waals surface area contributed by atoms with Crippen LogP contribution in [0.25, 0.3) is 0 Å². The van der Waals surface area contributed by atoms with E-state index in [1.807, 2.05) is 17.8 Å². The molecule has 0 unspecified atom stereocenters. The quantitative estimate of drug-likeness (QED) is 0.573. The minimum atomic E-state index is 0.917. The fraction of sp³-hybridized carbons (Fsp3) is 0.333. The van der Waals surface area contributed by atoms with E-state index in [9.17, 15) is 0 Å². The molecule has 0 heterocycles. The van der Waals surface area contributed by atoms with Gasteiger partial charge in [-0.25, -0.2) is 0 Å². The third kappa shape index (κ3) is 5.10. The van der Waals surface area contributed by atoms with Crippen LogP contribution in [0.1, 0.15) is 24.5 Å². The number of hydrogen-bond donors (Lipinski definition) is 1. The van der Waals surface area contributed by atoms with Crippen molar-refractivity contribution in [1.82, 2.24) is 5.32 Å². The van der Waals surface area contributed by atoms with E-state index < -0.39 is 0 Å². The van der Waals surface area contributed by atoms with Gasteiger partial charge in [0.1, 0.15) is 5.75 Å². The third-order valence-corrected chi connectivity index (χ3v) is 4.30. The molecule has 0 saturated carbocycles. The van der Waals surface area contributed by atoms with Crippen LogP contribution in [0.5, 0.6) is 5.75 Å². The molecule has 21 heavy (non-hydrogen) atoms. The van der Waals surface area contributed by atoms with Gasteiger partial charge in [0, 0.05) is 22.8 Å². The molecular formula is C18H23NOS. The lowest BCUT2D eigenvalue weighted by Gasteiger charge is -2.11. The molecule has 0 aromatic heterocycles. The van der Waals surface area contributed by atoms with Gasteiger partial charge in [-0.1, -0.05) is 31.2 Å². The van der Waals surface area contributed by atoms with E-state index in [0.29, 0.717) is 0 Å².